The van der Waals surface area contributed by atoms with Crippen molar-refractivity contribution < 1.29 is 9.53 Å². The zero-order valence-electron chi connectivity index (χ0n) is 15.1. The number of carbonyl (C=O) groups is 1. The van der Waals surface area contributed by atoms with Crippen molar-refractivity contribution in [3.8, 4) is 6.07 Å². The molecule has 0 aromatic carbocycles. The zero-order chi connectivity index (χ0) is 18.5. The van der Waals surface area contributed by atoms with Crippen molar-refractivity contribution >= 4 is 17.1 Å². The summed E-state index contributed by atoms with van der Waals surface area (Å²) in [6.45, 7) is 5.15. The van der Waals surface area contributed by atoms with Gasteiger partial charge in [-0.1, -0.05) is 0 Å². The van der Waals surface area contributed by atoms with Crippen LogP contribution >= 0.6 is 0 Å². The van der Waals surface area contributed by atoms with Crippen LogP contribution < -0.4 is 15.5 Å². The number of pyridine rings is 1. The molecule has 2 unspecified atom stereocenters. The van der Waals surface area contributed by atoms with Crippen LogP contribution in [-0.2, 0) is 9.53 Å². The van der Waals surface area contributed by atoms with Crippen molar-refractivity contribution in [2.75, 3.05) is 31.1 Å². The third-order valence-electron chi connectivity index (χ3n) is 5.94. The van der Waals surface area contributed by atoms with E-state index in [1.54, 1.807) is 16.8 Å². The van der Waals surface area contributed by atoms with Gasteiger partial charge in [0.15, 0.2) is 6.10 Å². The molecule has 1 aliphatic carbocycles. The minimum absolute atomic E-state index is 0.0240. The van der Waals surface area contributed by atoms with Gasteiger partial charge in [0.05, 0.1) is 30.0 Å². The average molecular weight is 366 g/mol. The van der Waals surface area contributed by atoms with Gasteiger partial charge in [0.2, 0.25) is 0 Å². The molecule has 27 heavy (non-hydrogen) atoms. The molecule has 0 radical (unpaired) electrons. The van der Waals surface area contributed by atoms with Crippen LogP contribution in [0.5, 0.6) is 0 Å². The molecule has 1 saturated carbocycles. The maximum atomic E-state index is 12.8. The smallest absolute Gasteiger partial charge is 0.251 e. The van der Waals surface area contributed by atoms with Crippen molar-refractivity contribution in [1.82, 2.24) is 20.2 Å². The summed E-state index contributed by atoms with van der Waals surface area (Å²) in [6.07, 6.45) is 1.13. The van der Waals surface area contributed by atoms with E-state index in [2.05, 4.69) is 26.7 Å². The van der Waals surface area contributed by atoms with E-state index < -0.39 is 6.10 Å². The molecule has 140 valence electrons. The Hall–Kier alpha value is -2.63. The van der Waals surface area contributed by atoms with Crippen LogP contribution in [-0.4, -0.2) is 60.0 Å². The number of carbonyl (C=O) groups excluding carboxylic acids is 1. The summed E-state index contributed by atoms with van der Waals surface area (Å²) in [7, 11) is 0. The lowest BCUT2D eigenvalue weighted by atomic mass is 10.1. The Labute approximate surface area is 157 Å². The van der Waals surface area contributed by atoms with Crippen molar-refractivity contribution in [1.29, 1.82) is 5.26 Å². The first-order valence-corrected chi connectivity index (χ1v) is 9.44. The highest BCUT2D eigenvalue weighted by atomic mass is 16.5. The number of nitrogens with zero attached hydrogens (tertiary/aromatic N) is 4. The number of ether oxygens (including phenoxy) is 1. The van der Waals surface area contributed by atoms with Gasteiger partial charge in [0.25, 0.3) is 5.91 Å². The Bertz CT molecular complexity index is 924. The SMILES string of the molecule is C[C@@H]1CN(c2ccc(C#N)n3nccc23)C[C@H](C(=O)NC2C3CNCC32)O1. The van der Waals surface area contributed by atoms with Gasteiger partial charge in [0, 0.05) is 25.7 Å². The van der Waals surface area contributed by atoms with Crippen LogP contribution in [0.4, 0.5) is 5.69 Å². The Morgan fingerprint density at radius 1 is 1.33 bits per heavy atom. The Balaban J connectivity index is 1.35. The lowest BCUT2D eigenvalue weighted by molar-refractivity contribution is -0.137. The number of piperidine rings is 1. The van der Waals surface area contributed by atoms with Crippen molar-refractivity contribution in [2.45, 2.75) is 25.2 Å². The second-order valence-electron chi connectivity index (χ2n) is 7.70. The summed E-state index contributed by atoms with van der Waals surface area (Å²) in [6, 6.07) is 8.04. The molecule has 2 aromatic heterocycles. The first-order valence-electron chi connectivity index (χ1n) is 9.44. The number of nitrogens with one attached hydrogen (secondary N) is 2. The molecule has 4 atom stereocenters. The lowest BCUT2D eigenvalue weighted by Crippen LogP contribution is -2.53. The minimum Gasteiger partial charge on any atom is -0.364 e. The summed E-state index contributed by atoms with van der Waals surface area (Å²) in [4.78, 5) is 14.9. The number of hydrogen-bond donors (Lipinski definition) is 2. The molecule has 4 heterocycles. The van der Waals surface area contributed by atoms with E-state index in [-0.39, 0.29) is 12.0 Å². The van der Waals surface area contributed by atoms with Gasteiger partial charge in [0.1, 0.15) is 11.8 Å². The second-order valence-corrected chi connectivity index (χ2v) is 7.70. The van der Waals surface area contributed by atoms with E-state index in [0.29, 0.717) is 36.7 Å². The van der Waals surface area contributed by atoms with Crippen LogP contribution in [0.25, 0.3) is 5.52 Å². The molecule has 2 N–H and O–H groups in total. The number of anilines is 1. The topological polar surface area (TPSA) is 94.7 Å². The highest BCUT2D eigenvalue weighted by molar-refractivity contribution is 5.83. The Morgan fingerprint density at radius 2 is 2.15 bits per heavy atom. The van der Waals surface area contributed by atoms with Gasteiger partial charge in [-0.05, 0) is 37.0 Å². The maximum absolute atomic E-state index is 12.8. The highest BCUT2D eigenvalue weighted by Crippen LogP contribution is 2.41. The molecule has 0 bridgehead atoms. The summed E-state index contributed by atoms with van der Waals surface area (Å²) in [5.74, 6) is 1.14. The molecule has 3 aliphatic rings. The standard InChI is InChI=1S/C19H22N6O2/c1-11-9-24(15-3-2-12(6-20)25-16(15)4-5-22-25)10-17(27-11)19(26)23-18-13-7-21-8-14(13)18/h2-5,11,13-14,17-18,21H,7-10H2,1H3,(H,23,26)/t11-,13?,14?,17-,18?/m1/s1. The monoisotopic (exact) mass is 366 g/mol. The van der Waals surface area contributed by atoms with Crippen LogP contribution in [0.2, 0.25) is 0 Å². The fraction of sp³-hybridized carbons (Fsp3) is 0.526. The van der Waals surface area contributed by atoms with E-state index in [4.69, 9.17) is 4.74 Å². The molecule has 2 saturated heterocycles. The molecule has 8 heteroatoms. The second kappa shape index (κ2) is 6.22. The molecule has 2 aliphatic heterocycles. The van der Waals surface area contributed by atoms with E-state index in [1.165, 1.54) is 0 Å². The quantitative estimate of drug-likeness (QED) is 0.802. The molecule has 1 amide bonds. The van der Waals surface area contributed by atoms with Crippen molar-refractivity contribution in [3.63, 3.8) is 0 Å². The summed E-state index contributed by atoms with van der Waals surface area (Å²) < 4.78 is 7.59. The minimum atomic E-state index is -0.498. The van der Waals surface area contributed by atoms with Gasteiger partial charge in [-0.25, -0.2) is 4.52 Å². The molecular weight excluding hydrogens is 344 g/mol. The molecule has 5 rings (SSSR count). The average Bonchev–Trinajstić information content (AvgIpc) is 3.08. The molecule has 2 aromatic rings. The number of nitriles is 1. The number of aromatic nitrogens is 2. The van der Waals surface area contributed by atoms with E-state index >= 15 is 0 Å². The van der Waals surface area contributed by atoms with Crippen LogP contribution in [0, 0.1) is 23.2 Å². The number of fused-ring (bicyclic) bond motifs is 2. The van der Waals surface area contributed by atoms with Crippen LogP contribution in [0.15, 0.2) is 24.4 Å². The third kappa shape index (κ3) is 2.74. The third-order valence-corrected chi connectivity index (χ3v) is 5.94. The van der Waals surface area contributed by atoms with Gasteiger partial charge < -0.3 is 20.3 Å². The van der Waals surface area contributed by atoms with Crippen LogP contribution in [0.3, 0.4) is 0 Å². The number of hydrogen-bond acceptors (Lipinski definition) is 6. The molecule has 8 nitrogen and oxygen atoms in total. The first kappa shape index (κ1) is 16.5. The molecule has 3 fully saturated rings. The van der Waals surface area contributed by atoms with E-state index in [1.807, 2.05) is 19.1 Å². The van der Waals surface area contributed by atoms with Gasteiger partial charge in [-0.3, -0.25) is 4.79 Å². The predicted octanol–water partition coefficient (Wildman–Crippen LogP) is 0.134. The Morgan fingerprint density at radius 3 is 2.93 bits per heavy atom. The van der Waals surface area contributed by atoms with Gasteiger partial charge in [-0.2, -0.15) is 10.4 Å². The van der Waals surface area contributed by atoms with E-state index in [9.17, 15) is 10.1 Å². The summed E-state index contributed by atoms with van der Waals surface area (Å²) in [5, 5.41) is 20.0. The number of rotatable bonds is 3. The maximum Gasteiger partial charge on any atom is 0.251 e. The van der Waals surface area contributed by atoms with E-state index in [0.717, 1.165) is 24.3 Å². The fourth-order valence-electron chi connectivity index (χ4n) is 4.54. The zero-order valence-corrected chi connectivity index (χ0v) is 15.1. The summed E-state index contributed by atoms with van der Waals surface area (Å²) in [5.41, 5.74) is 2.32. The summed E-state index contributed by atoms with van der Waals surface area (Å²) >= 11 is 0. The van der Waals surface area contributed by atoms with Gasteiger partial charge in [-0.15, -0.1) is 0 Å². The van der Waals surface area contributed by atoms with Crippen LogP contribution in [0.1, 0.15) is 12.6 Å². The highest BCUT2D eigenvalue weighted by Gasteiger charge is 2.54. The first-order chi connectivity index (χ1) is 13.2. The van der Waals surface area contributed by atoms with Crippen molar-refractivity contribution in [2.24, 2.45) is 11.8 Å². The van der Waals surface area contributed by atoms with Crippen molar-refractivity contribution in [3.05, 3.63) is 30.1 Å². The Kier molecular flexibility index (Phi) is 3.81. The predicted molar refractivity (Wildman–Crippen MR) is 98.2 cm³/mol. The largest absolute Gasteiger partial charge is 0.364 e. The molecular formula is C19H22N6O2. The molecule has 0 spiro atoms. The number of amides is 1. The lowest BCUT2D eigenvalue weighted by Gasteiger charge is -2.37. The fourth-order valence-corrected chi connectivity index (χ4v) is 4.54. The number of morpholine rings is 1. The normalized spacial score (nSPS) is 32.1. The van der Waals surface area contributed by atoms with Gasteiger partial charge >= 0.3 is 0 Å².